The van der Waals surface area contributed by atoms with Crippen molar-refractivity contribution < 1.29 is 23.0 Å². The summed E-state index contributed by atoms with van der Waals surface area (Å²) in [5.41, 5.74) is 0.338. The highest BCUT2D eigenvalue weighted by Gasteiger charge is 2.30. The second-order valence-electron chi connectivity index (χ2n) is 6.63. The molecule has 0 unspecified atom stereocenters. The van der Waals surface area contributed by atoms with E-state index >= 15 is 0 Å². The van der Waals surface area contributed by atoms with Crippen LogP contribution in [0.4, 0.5) is 13.2 Å². The van der Waals surface area contributed by atoms with Crippen molar-refractivity contribution in [3.63, 3.8) is 0 Å². The predicted molar refractivity (Wildman–Crippen MR) is 109 cm³/mol. The predicted octanol–water partition coefficient (Wildman–Crippen LogP) is 5.61. The Hall–Kier alpha value is -3.94. The van der Waals surface area contributed by atoms with E-state index in [9.17, 15) is 18.3 Å². The van der Waals surface area contributed by atoms with Gasteiger partial charge in [-0.2, -0.15) is 13.2 Å². The Morgan fingerprint density at radius 1 is 0.742 bits per heavy atom. The summed E-state index contributed by atoms with van der Waals surface area (Å²) in [5.74, 6) is 0.774. The average Bonchev–Trinajstić information content (AvgIpc) is 2.78. The lowest BCUT2D eigenvalue weighted by Gasteiger charge is -2.11. The average molecular weight is 423 g/mol. The molecule has 0 fully saturated rings. The maximum atomic E-state index is 13.2. The number of nitrogens with zero attached hydrogens (tertiary/aromatic N) is 3. The molecule has 1 aromatic heterocycles. The van der Waals surface area contributed by atoms with Crippen LogP contribution in [-0.2, 0) is 6.18 Å². The van der Waals surface area contributed by atoms with Crippen LogP contribution in [0.15, 0.2) is 72.8 Å². The highest BCUT2D eigenvalue weighted by Crippen LogP contribution is 2.34. The van der Waals surface area contributed by atoms with Crippen LogP contribution in [0, 0.1) is 0 Å². The molecule has 0 aliphatic heterocycles. The second-order valence-corrected chi connectivity index (χ2v) is 6.63. The number of aromatic nitrogens is 3. The van der Waals surface area contributed by atoms with Crippen LogP contribution < -0.4 is 4.74 Å². The Morgan fingerprint density at radius 3 is 2.03 bits per heavy atom. The number of benzene rings is 3. The third kappa shape index (κ3) is 4.32. The Morgan fingerprint density at radius 2 is 1.39 bits per heavy atom. The van der Waals surface area contributed by atoms with E-state index in [0.29, 0.717) is 16.9 Å². The molecule has 0 spiro atoms. The molecular formula is C23H16F3N3O2. The number of hydrogen-bond acceptors (Lipinski definition) is 5. The van der Waals surface area contributed by atoms with Gasteiger partial charge in [-0.1, -0.05) is 42.5 Å². The SMILES string of the molecule is COc1ccc(-c2nc(-c3ccccc3)nc(-c3cccc(C(F)(F)F)c3)n2)c(O)c1. The standard InChI is InChI=1S/C23H16F3N3O2/c1-31-17-10-11-18(19(30)13-17)22-28-20(14-6-3-2-4-7-14)27-21(29-22)15-8-5-9-16(12-15)23(24,25)26/h2-13,30H,1H3. The first-order chi connectivity index (χ1) is 14.8. The first kappa shape index (κ1) is 20.3. The van der Waals surface area contributed by atoms with Crippen LogP contribution in [0.5, 0.6) is 11.5 Å². The Kier molecular flexibility index (Phi) is 5.29. The maximum Gasteiger partial charge on any atom is 0.416 e. The van der Waals surface area contributed by atoms with E-state index in [1.54, 1.807) is 36.4 Å². The van der Waals surface area contributed by atoms with Crippen LogP contribution in [0.2, 0.25) is 0 Å². The topological polar surface area (TPSA) is 68.1 Å². The first-order valence-corrected chi connectivity index (χ1v) is 9.21. The van der Waals surface area contributed by atoms with Gasteiger partial charge in [0.1, 0.15) is 11.5 Å². The summed E-state index contributed by atoms with van der Waals surface area (Å²) < 4.78 is 44.7. The molecule has 0 saturated heterocycles. The number of rotatable bonds is 4. The molecule has 0 aliphatic rings. The van der Waals surface area contributed by atoms with E-state index in [2.05, 4.69) is 15.0 Å². The van der Waals surface area contributed by atoms with Gasteiger partial charge in [0.25, 0.3) is 0 Å². The van der Waals surface area contributed by atoms with Gasteiger partial charge in [0, 0.05) is 17.2 Å². The molecule has 4 aromatic rings. The normalized spacial score (nSPS) is 11.4. The minimum atomic E-state index is -4.50. The van der Waals surface area contributed by atoms with E-state index < -0.39 is 11.7 Å². The number of aromatic hydroxyl groups is 1. The summed E-state index contributed by atoms with van der Waals surface area (Å²) in [6.07, 6.45) is -4.50. The minimum Gasteiger partial charge on any atom is -0.507 e. The molecule has 1 heterocycles. The Labute approximate surface area is 175 Å². The van der Waals surface area contributed by atoms with Crippen molar-refractivity contribution in [2.45, 2.75) is 6.18 Å². The zero-order valence-electron chi connectivity index (χ0n) is 16.3. The van der Waals surface area contributed by atoms with Crippen LogP contribution in [0.25, 0.3) is 34.2 Å². The quantitative estimate of drug-likeness (QED) is 0.462. The van der Waals surface area contributed by atoms with Gasteiger partial charge in [-0.3, -0.25) is 0 Å². The molecule has 0 radical (unpaired) electrons. The second kappa shape index (κ2) is 8.06. The number of phenolic OH excluding ortho intramolecular Hbond substituents is 1. The van der Waals surface area contributed by atoms with Gasteiger partial charge in [-0.15, -0.1) is 0 Å². The molecule has 156 valence electrons. The maximum absolute atomic E-state index is 13.2. The fourth-order valence-corrected chi connectivity index (χ4v) is 3.00. The van der Waals surface area contributed by atoms with Crippen molar-refractivity contribution in [1.82, 2.24) is 15.0 Å². The van der Waals surface area contributed by atoms with Gasteiger partial charge in [0.15, 0.2) is 17.5 Å². The van der Waals surface area contributed by atoms with Gasteiger partial charge in [-0.05, 0) is 24.3 Å². The molecule has 8 heteroatoms. The Balaban J connectivity index is 1.91. The lowest BCUT2D eigenvalue weighted by Crippen LogP contribution is -2.05. The third-order valence-corrected chi connectivity index (χ3v) is 4.56. The molecule has 5 nitrogen and oxygen atoms in total. The van der Waals surface area contributed by atoms with Crippen molar-refractivity contribution in [3.05, 3.63) is 78.4 Å². The molecule has 31 heavy (non-hydrogen) atoms. The van der Waals surface area contributed by atoms with Crippen LogP contribution >= 0.6 is 0 Å². The molecule has 3 aromatic carbocycles. The lowest BCUT2D eigenvalue weighted by atomic mass is 10.1. The fourth-order valence-electron chi connectivity index (χ4n) is 3.00. The molecule has 0 aliphatic carbocycles. The van der Waals surface area contributed by atoms with Crippen LogP contribution in [0.1, 0.15) is 5.56 Å². The van der Waals surface area contributed by atoms with E-state index in [-0.39, 0.29) is 28.8 Å². The van der Waals surface area contributed by atoms with Crippen molar-refractivity contribution in [1.29, 1.82) is 0 Å². The summed E-state index contributed by atoms with van der Waals surface area (Å²) in [5, 5.41) is 10.4. The number of halogens is 3. The van der Waals surface area contributed by atoms with Gasteiger partial charge in [0.2, 0.25) is 0 Å². The minimum absolute atomic E-state index is 0.0603. The number of hydrogen-bond donors (Lipinski definition) is 1. The van der Waals surface area contributed by atoms with Crippen molar-refractivity contribution >= 4 is 0 Å². The fraction of sp³-hybridized carbons (Fsp3) is 0.0870. The Bertz CT molecular complexity index is 1230. The summed E-state index contributed by atoms with van der Waals surface area (Å²) in [4.78, 5) is 13.2. The van der Waals surface area contributed by atoms with Crippen molar-refractivity contribution in [2.24, 2.45) is 0 Å². The first-order valence-electron chi connectivity index (χ1n) is 9.21. The zero-order chi connectivity index (χ0) is 22.0. The van der Waals surface area contributed by atoms with Crippen molar-refractivity contribution in [3.8, 4) is 45.7 Å². The molecule has 4 rings (SSSR count). The number of ether oxygens (including phenoxy) is 1. The summed E-state index contributed by atoms with van der Waals surface area (Å²) in [6.45, 7) is 0. The summed E-state index contributed by atoms with van der Waals surface area (Å²) in [7, 11) is 1.47. The lowest BCUT2D eigenvalue weighted by molar-refractivity contribution is -0.137. The number of methoxy groups -OCH3 is 1. The molecule has 0 saturated carbocycles. The van der Waals surface area contributed by atoms with Gasteiger partial charge in [-0.25, -0.2) is 15.0 Å². The van der Waals surface area contributed by atoms with Crippen LogP contribution in [-0.4, -0.2) is 27.2 Å². The number of alkyl halides is 3. The third-order valence-electron chi connectivity index (χ3n) is 4.56. The largest absolute Gasteiger partial charge is 0.507 e. The molecule has 0 amide bonds. The van der Waals surface area contributed by atoms with Crippen molar-refractivity contribution in [2.75, 3.05) is 7.11 Å². The summed E-state index contributed by atoms with van der Waals surface area (Å²) in [6, 6.07) is 18.4. The van der Waals surface area contributed by atoms with E-state index in [1.165, 1.54) is 25.3 Å². The van der Waals surface area contributed by atoms with Gasteiger partial charge in [0.05, 0.1) is 18.2 Å². The highest BCUT2D eigenvalue weighted by atomic mass is 19.4. The van der Waals surface area contributed by atoms with E-state index in [4.69, 9.17) is 4.74 Å². The summed E-state index contributed by atoms with van der Waals surface area (Å²) >= 11 is 0. The molecule has 0 bridgehead atoms. The van der Waals surface area contributed by atoms with Crippen LogP contribution in [0.3, 0.4) is 0 Å². The number of phenols is 1. The van der Waals surface area contributed by atoms with Gasteiger partial charge < -0.3 is 9.84 Å². The van der Waals surface area contributed by atoms with E-state index in [0.717, 1.165) is 12.1 Å². The van der Waals surface area contributed by atoms with Gasteiger partial charge >= 0.3 is 6.18 Å². The van der Waals surface area contributed by atoms with E-state index in [1.807, 2.05) is 6.07 Å². The molecular weight excluding hydrogens is 407 g/mol. The monoisotopic (exact) mass is 423 g/mol. The smallest absolute Gasteiger partial charge is 0.416 e. The molecule has 0 atom stereocenters. The zero-order valence-corrected chi connectivity index (χ0v) is 16.3. The highest BCUT2D eigenvalue weighted by molar-refractivity contribution is 5.70. The molecule has 1 N–H and O–H groups in total.